The Morgan fingerprint density at radius 3 is 2.41 bits per heavy atom. The largest absolute Gasteiger partial charge is 0.299 e. The van der Waals surface area contributed by atoms with Gasteiger partial charge in [-0.1, -0.05) is 47.5 Å². The molecule has 1 saturated heterocycles. The van der Waals surface area contributed by atoms with Crippen molar-refractivity contribution in [1.82, 2.24) is 4.90 Å². The standard InChI is InChI=1S/C20H22Cl2N2O2S/c1-27(25,26)24-14-20(16-4-2-3-5-19(16)24)8-10-23(11-9-20)13-15-6-7-17(21)18(22)12-15/h2-7,12H,8-11,13-14H2,1H3. The van der Waals surface area contributed by atoms with E-state index in [0.717, 1.165) is 43.7 Å². The van der Waals surface area contributed by atoms with E-state index >= 15 is 0 Å². The Hall–Kier alpha value is -1.27. The Labute approximate surface area is 170 Å². The fraction of sp³-hybridized carbons (Fsp3) is 0.400. The molecular formula is C20H22Cl2N2O2S. The fourth-order valence-corrected chi connectivity index (χ4v) is 5.66. The van der Waals surface area contributed by atoms with Gasteiger partial charge in [-0.2, -0.15) is 0 Å². The van der Waals surface area contributed by atoms with Crippen molar-refractivity contribution in [3.8, 4) is 0 Å². The highest BCUT2D eigenvalue weighted by Crippen LogP contribution is 2.47. The van der Waals surface area contributed by atoms with Crippen molar-refractivity contribution < 1.29 is 8.42 Å². The molecule has 27 heavy (non-hydrogen) atoms. The third kappa shape index (κ3) is 3.58. The number of rotatable bonds is 3. The zero-order chi connectivity index (χ0) is 19.2. The number of hydrogen-bond acceptors (Lipinski definition) is 3. The number of sulfonamides is 1. The summed E-state index contributed by atoms with van der Waals surface area (Å²) in [6.07, 6.45) is 3.18. The van der Waals surface area contributed by atoms with E-state index in [-0.39, 0.29) is 5.41 Å². The van der Waals surface area contributed by atoms with Crippen molar-refractivity contribution in [2.24, 2.45) is 0 Å². The van der Waals surface area contributed by atoms with Gasteiger partial charge >= 0.3 is 0 Å². The SMILES string of the molecule is CS(=O)(=O)N1CC2(CCN(Cc3ccc(Cl)c(Cl)c3)CC2)c2ccccc21. The molecule has 4 rings (SSSR count). The molecule has 0 radical (unpaired) electrons. The molecule has 144 valence electrons. The second-order valence-corrected chi connectivity index (χ2v) is 10.3. The predicted molar refractivity (Wildman–Crippen MR) is 111 cm³/mol. The summed E-state index contributed by atoms with van der Waals surface area (Å²) in [6.45, 7) is 3.22. The van der Waals surface area contributed by atoms with Gasteiger partial charge in [0.25, 0.3) is 0 Å². The van der Waals surface area contributed by atoms with E-state index in [9.17, 15) is 8.42 Å². The van der Waals surface area contributed by atoms with Crippen LogP contribution in [0.2, 0.25) is 10.0 Å². The van der Waals surface area contributed by atoms with Gasteiger partial charge in [-0.15, -0.1) is 0 Å². The Morgan fingerprint density at radius 1 is 1.04 bits per heavy atom. The van der Waals surface area contributed by atoms with Crippen LogP contribution in [0.4, 0.5) is 5.69 Å². The first-order valence-corrected chi connectivity index (χ1v) is 11.6. The van der Waals surface area contributed by atoms with Gasteiger partial charge in [0, 0.05) is 18.5 Å². The minimum Gasteiger partial charge on any atom is -0.299 e. The maximum absolute atomic E-state index is 12.3. The highest BCUT2D eigenvalue weighted by Gasteiger charge is 2.46. The van der Waals surface area contributed by atoms with Crippen LogP contribution in [0.5, 0.6) is 0 Å². The molecule has 0 bridgehead atoms. The van der Waals surface area contributed by atoms with Crippen molar-refractivity contribution in [1.29, 1.82) is 0 Å². The molecular weight excluding hydrogens is 403 g/mol. The van der Waals surface area contributed by atoms with Gasteiger partial charge < -0.3 is 0 Å². The first-order chi connectivity index (χ1) is 12.8. The summed E-state index contributed by atoms with van der Waals surface area (Å²) in [6, 6.07) is 13.7. The van der Waals surface area contributed by atoms with Crippen molar-refractivity contribution in [3.05, 3.63) is 63.6 Å². The molecule has 0 saturated carbocycles. The minimum atomic E-state index is -3.27. The van der Waals surface area contributed by atoms with E-state index in [0.29, 0.717) is 16.6 Å². The molecule has 1 spiro atoms. The first-order valence-electron chi connectivity index (χ1n) is 9.02. The quantitative estimate of drug-likeness (QED) is 0.736. The normalized spacial score (nSPS) is 19.4. The van der Waals surface area contributed by atoms with Crippen molar-refractivity contribution >= 4 is 38.9 Å². The minimum absolute atomic E-state index is 0.0895. The second-order valence-electron chi connectivity index (χ2n) is 7.59. The maximum atomic E-state index is 12.3. The van der Waals surface area contributed by atoms with E-state index < -0.39 is 10.0 Å². The number of nitrogens with zero attached hydrogens (tertiary/aromatic N) is 2. The van der Waals surface area contributed by atoms with Crippen LogP contribution in [-0.2, 0) is 22.0 Å². The molecule has 2 heterocycles. The number of benzene rings is 2. The highest BCUT2D eigenvalue weighted by atomic mass is 35.5. The van der Waals surface area contributed by atoms with E-state index in [1.165, 1.54) is 11.8 Å². The predicted octanol–water partition coefficient (Wildman–Crippen LogP) is 4.31. The third-order valence-electron chi connectivity index (χ3n) is 5.79. The lowest BCUT2D eigenvalue weighted by molar-refractivity contribution is 0.161. The Kier molecular flexibility index (Phi) is 4.91. The monoisotopic (exact) mass is 424 g/mol. The smallest absolute Gasteiger partial charge is 0.232 e. The molecule has 4 nitrogen and oxygen atoms in total. The first kappa shape index (κ1) is 19.1. The van der Waals surface area contributed by atoms with Crippen molar-refractivity contribution in [2.45, 2.75) is 24.8 Å². The molecule has 0 aromatic heterocycles. The average Bonchev–Trinajstić information content (AvgIpc) is 2.95. The number of likely N-dealkylation sites (tertiary alicyclic amines) is 1. The summed E-state index contributed by atoms with van der Waals surface area (Å²) in [7, 11) is -3.27. The molecule has 0 amide bonds. The lowest BCUT2D eigenvalue weighted by Crippen LogP contribution is -2.45. The Balaban J connectivity index is 1.52. The van der Waals surface area contributed by atoms with Gasteiger partial charge in [-0.25, -0.2) is 8.42 Å². The number of para-hydroxylation sites is 1. The molecule has 7 heteroatoms. The van der Waals surface area contributed by atoms with Crippen LogP contribution in [0.1, 0.15) is 24.0 Å². The molecule has 2 aromatic carbocycles. The summed E-state index contributed by atoms with van der Waals surface area (Å²) >= 11 is 12.1. The van der Waals surface area contributed by atoms with E-state index in [2.05, 4.69) is 11.0 Å². The van der Waals surface area contributed by atoms with E-state index in [1.807, 2.05) is 36.4 Å². The number of halogens is 2. The van der Waals surface area contributed by atoms with Crippen LogP contribution in [0.25, 0.3) is 0 Å². The van der Waals surface area contributed by atoms with Gasteiger partial charge in [0.15, 0.2) is 0 Å². The summed E-state index contributed by atoms with van der Waals surface area (Å²) in [5.41, 5.74) is 3.07. The lowest BCUT2D eigenvalue weighted by atomic mass is 9.74. The molecule has 1 fully saturated rings. The van der Waals surface area contributed by atoms with Gasteiger partial charge in [-0.05, 0) is 55.3 Å². The summed E-state index contributed by atoms with van der Waals surface area (Å²) in [5, 5.41) is 1.15. The van der Waals surface area contributed by atoms with E-state index in [4.69, 9.17) is 23.2 Å². The molecule has 2 aliphatic rings. The van der Waals surface area contributed by atoms with Crippen LogP contribution < -0.4 is 4.31 Å². The van der Waals surface area contributed by atoms with Crippen molar-refractivity contribution in [3.63, 3.8) is 0 Å². The average molecular weight is 425 g/mol. The molecule has 0 aliphatic carbocycles. The van der Waals surface area contributed by atoms with Gasteiger partial charge in [0.05, 0.1) is 22.0 Å². The zero-order valence-electron chi connectivity index (χ0n) is 15.2. The second kappa shape index (κ2) is 6.96. The molecule has 2 aliphatic heterocycles. The van der Waals surface area contributed by atoms with E-state index in [1.54, 1.807) is 4.31 Å². The van der Waals surface area contributed by atoms with Gasteiger partial charge in [-0.3, -0.25) is 9.21 Å². The van der Waals surface area contributed by atoms with Gasteiger partial charge in [0.2, 0.25) is 10.0 Å². The van der Waals surface area contributed by atoms with Crippen LogP contribution in [-0.4, -0.2) is 39.2 Å². The summed E-state index contributed by atoms with van der Waals surface area (Å²) < 4.78 is 26.1. The number of hydrogen-bond donors (Lipinski definition) is 0. The van der Waals surface area contributed by atoms with Crippen LogP contribution >= 0.6 is 23.2 Å². The van der Waals surface area contributed by atoms with Crippen LogP contribution in [0.15, 0.2) is 42.5 Å². The number of anilines is 1. The molecule has 0 unspecified atom stereocenters. The summed E-state index contributed by atoms with van der Waals surface area (Å²) in [4.78, 5) is 2.40. The fourth-order valence-electron chi connectivity index (χ4n) is 4.34. The molecule has 2 aromatic rings. The zero-order valence-corrected chi connectivity index (χ0v) is 17.5. The molecule has 0 atom stereocenters. The third-order valence-corrected chi connectivity index (χ3v) is 7.66. The van der Waals surface area contributed by atoms with Crippen LogP contribution in [0, 0.1) is 0 Å². The maximum Gasteiger partial charge on any atom is 0.232 e. The summed E-state index contributed by atoms with van der Waals surface area (Å²) in [5.74, 6) is 0. The number of piperidine rings is 1. The Bertz CT molecular complexity index is 970. The molecule has 0 N–H and O–H groups in total. The Morgan fingerprint density at radius 2 is 1.74 bits per heavy atom. The van der Waals surface area contributed by atoms with Gasteiger partial charge in [0.1, 0.15) is 0 Å². The lowest BCUT2D eigenvalue weighted by Gasteiger charge is -2.40. The highest BCUT2D eigenvalue weighted by molar-refractivity contribution is 7.92. The van der Waals surface area contributed by atoms with Crippen molar-refractivity contribution in [2.75, 3.05) is 30.2 Å². The number of fused-ring (bicyclic) bond motifs is 2. The topological polar surface area (TPSA) is 40.6 Å². The van der Waals surface area contributed by atoms with Crippen LogP contribution in [0.3, 0.4) is 0 Å².